The zero-order valence-corrected chi connectivity index (χ0v) is 16.4. The first-order valence-electron chi connectivity index (χ1n) is 9.20. The third-order valence-electron chi connectivity index (χ3n) is 4.23. The summed E-state index contributed by atoms with van der Waals surface area (Å²) in [6, 6.07) is 25.0. The molecule has 0 aliphatic heterocycles. The van der Waals surface area contributed by atoms with Gasteiger partial charge in [0, 0.05) is 18.9 Å². The first-order valence-corrected chi connectivity index (χ1v) is 9.20. The van der Waals surface area contributed by atoms with Gasteiger partial charge in [-0.15, -0.1) is 0 Å². The number of rotatable bonds is 6. The minimum Gasteiger partial charge on any atom is -0.449 e. The number of nitrogens with two attached hydrogens (primary N) is 1. The van der Waals surface area contributed by atoms with Crippen molar-refractivity contribution in [3.63, 3.8) is 0 Å². The van der Waals surface area contributed by atoms with E-state index in [2.05, 4.69) is 10.3 Å². The van der Waals surface area contributed by atoms with Crippen LogP contribution in [0.1, 0.15) is 5.56 Å². The lowest BCUT2D eigenvalue weighted by Gasteiger charge is -2.13. The van der Waals surface area contributed by atoms with Crippen LogP contribution in [-0.4, -0.2) is 19.2 Å². The van der Waals surface area contributed by atoms with Crippen LogP contribution in [0.5, 0.6) is 5.75 Å². The van der Waals surface area contributed by atoms with Crippen molar-refractivity contribution in [2.24, 2.45) is 10.7 Å². The van der Waals surface area contributed by atoms with Crippen molar-refractivity contribution < 1.29 is 9.53 Å². The maximum Gasteiger partial charge on any atom is 0.293 e. The van der Waals surface area contributed by atoms with E-state index in [4.69, 9.17) is 10.5 Å². The van der Waals surface area contributed by atoms with E-state index in [1.807, 2.05) is 73.7 Å². The molecule has 0 fully saturated rings. The zero-order chi connectivity index (χ0) is 20.6. The molecule has 0 spiro atoms. The highest BCUT2D eigenvalue weighted by molar-refractivity contribution is 6.06. The lowest BCUT2D eigenvalue weighted by atomic mass is 10.1. The molecular formula is C24H23N3O2. The van der Waals surface area contributed by atoms with E-state index < -0.39 is 5.91 Å². The lowest BCUT2D eigenvalue weighted by Crippen LogP contribution is -2.23. The maximum atomic E-state index is 12.8. The molecule has 0 aromatic heterocycles. The first-order chi connectivity index (χ1) is 14.1. The van der Waals surface area contributed by atoms with Gasteiger partial charge in [0.05, 0.1) is 5.70 Å². The third kappa shape index (κ3) is 5.32. The second kappa shape index (κ2) is 9.37. The summed E-state index contributed by atoms with van der Waals surface area (Å²) in [4.78, 5) is 16.7. The zero-order valence-electron chi connectivity index (χ0n) is 16.4. The number of aliphatic imine (C=N–C) groups is 1. The number of anilines is 1. The van der Waals surface area contributed by atoms with Crippen LogP contribution in [0.4, 0.5) is 5.69 Å². The van der Waals surface area contributed by atoms with E-state index in [1.54, 1.807) is 19.2 Å². The van der Waals surface area contributed by atoms with Gasteiger partial charge in [0.15, 0.2) is 0 Å². The average molecular weight is 385 g/mol. The van der Waals surface area contributed by atoms with Gasteiger partial charge in [-0.1, -0.05) is 60.2 Å². The van der Waals surface area contributed by atoms with Crippen LogP contribution in [0.25, 0.3) is 11.1 Å². The number of benzene rings is 3. The second-order valence-corrected chi connectivity index (χ2v) is 6.48. The van der Waals surface area contributed by atoms with E-state index in [1.165, 1.54) is 6.21 Å². The Bertz CT molecular complexity index is 1020. The molecule has 146 valence electrons. The molecule has 3 aromatic carbocycles. The number of carbonyl (C=O) groups excluding carboxylic acids is 1. The molecule has 0 bridgehead atoms. The Balaban J connectivity index is 1.81. The molecule has 29 heavy (non-hydrogen) atoms. The predicted molar refractivity (Wildman–Crippen MR) is 118 cm³/mol. The molecule has 3 N–H and O–H groups in total. The van der Waals surface area contributed by atoms with Crippen molar-refractivity contribution >= 4 is 17.8 Å². The number of carbonyl (C=O) groups is 1. The quantitative estimate of drug-likeness (QED) is 0.371. The Kier molecular flexibility index (Phi) is 6.43. The molecule has 0 aliphatic carbocycles. The largest absolute Gasteiger partial charge is 0.449 e. The van der Waals surface area contributed by atoms with Gasteiger partial charge in [-0.3, -0.25) is 9.79 Å². The van der Waals surface area contributed by atoms with Crippen LogP contribution in [0.15, 0.2) is 95.3 Å². The molecule has 0 saturated carbocycles. The van der Waals surface area contributed by atoms with Crippen molar-refractivity contribution in [2.75, 3.05) is 12.4 Å². The molecular weight excluding hydrogens is 362 g/mol. The van der Waals surface area contributed by atoms with E-state index in [-0.39, 0.29) is 11.5 Å². The number of ether oxygens (including phenoxy) is 1. The Labute approximate surface area is 170 Å². The van der Waals surface area contributed by atoms with Gasteiger partial charge in [0.25, 0.3) is 5.91 Å². The van der Waals surface area contributed by atoms with Crippen molar-refractivity contribution in [2.45, 2.75) is 6.92 Å². The minimum absolute atomic E-state index is 0.0105. The molecule has 0 aliphatic rings. The van der Waals surface area contributed by atoms with Gasteiger partial charge in [-0.25, -0.2) is 0 Å². The molecule has 1 amide bonds. The molecule has 5 nitrogen and oxygen atoms in total. The molecule has 0 unspecified atom stereocenters. The molecule has 0 heterocycles. The fourth-order valence-corrected chi connectivity index (χ4v) is 2.72. The van der Waals surface area contributed by atoms with Gasteiger partial charge < -0.3 is 15.8 Å². The fraction of sp³-hybridized carbons (Fsp3) is 0.0833. The van der Waals surface area contributed by atoms with Gasteiger partial charge in [0.1, 0.15) is 5.75 Å². The van der Waals surface area contributed by atoms with E-state index in [0.29, 0.717) is 11.4 Å². The Morgan fingerprint density at radius 2 is 1.55 bits per heavy atom. The van der Waals surface area contributed by atoms with Crippen molar-refractivity contribution in [1.82, 2.24) is 0 Å². The van der Waals surface area contributed by atoms with Crippen LogP contribution in [0.3, 0.4) is 0 Å². The number of aryl methyl sites for hydroxylation is 1. The van der Waals surface area contributed by atoms with E-state index in [9.17, 15) is 4.79 Å². The molecule has 5 heteroatoms. The van der Waals surface area contributed by atoms with Crippen LogP contribution >= 0.6 is 0 Å². The summed E-state index contributed by atoms with van der Waals surface area (Å²) in [6.45, 7) is 1.98. The third-order valence-corrected chi connectivity index (χ3v) is 4.23. The SMILES string of the molecule is CN=C/C(N)=C(/Oc1ccc(-c2ccccc2)cc1)C(=O)Nc1ccc(C)cc1. The standard InChI is InChI=1S/C24H23N3O2/c1-17-8-12-20(13-9-17)27-24(28)23(22(25)16-26-2)29-21-14-10-19(11-15-21)18-6-4-3-5-7-18/h3-16H,25H2,1-2H3,(H,27,28)/b23-22-,26-16?. The molecule has 3 aromatic rings. The van der Waals surface area contributed by atoms with Crippen molar-refractivity contribution in [1.29, 1.82) is 0 Å². The highest BCUT2D eigenvalue weighted by Crippen LogP contribution is 2.23. The van der Waals surface area contributed by atoms with Gasteiger partial charge in [-0.05, 0) is 42.3 Å². The fourth-order valence-electron chi connectivity index (χ4n) is 2.72. The number of allylic oxidation sites excluding steroid dienone is 1. The summed E-state index contributed by atoms with van der Waals surface area (Å²) in [5.41, 5.74) is 10.1. The minimum atomic E-state index is -0.446. The van der Waals surface area contributed by atoms with E-state index in [0.717, 1.165) is 16.7 Å². The lowest BCUT2D eigenvalue weighted by molar-refractivity contribution is -0.114. The Morgan fingerprint density at radius 1 is 0.931 bits per heavy atom. The number of nitrogens with zero attached hydrogens (tertiary/aromatic N) is 1. The Morgan fingerprint density at radius 3 is 2.17 bits per heavy atom. The summed E-state index contributed by atoms with van der Waals surface area (Å²) in [6.07, 6.45) is 1.39. The maximum absolute atomic E-state index is 12.8. The van der Waals surface area contributed by atoms with Crippen LogP contribution < -0.4 is 15.8 Å². The summed E-state index contributed by atoms with van der Waals surface area (Å²) in [5, 5.41) is 2.80. The number of amides is 1. The molecule has 0 radical (unpaired) electrons. The van der Waals surface area contributed by atoms with Crippen LogP contribution in [0, 0.1) is 6.92 Å². The van der Waals surface area contributed by atoms with Crippen molar-refractivity contribution in [3.05, 3.63) is 95.9 Å². The van der Waals surface area contributed by atoms with Crippen LogP contribution in [-0.2, 0) is 4.79 Å². The van der Waals surface area contributed by atoms with Gasteiger partial charge in [0.2, 0.25) is 5.76 Å². The monoisotopic (exact) mass is 385 g/mol. The second-order valence-electron chi connectivity index (χ2n) is 6.48. The number of hydrogen-bond acceptors (Lipinski definition) is 4. The first kappa shape index (κ1) is 19.9. The van der Waals surface area contributed by atoms with Crippen LogP contribution in [0.2, 0.25) is 0 Å². The summed E-state index contributed by atoms with van der Waals surface area (Å²) >= 11 is 0. The predicted octanol–water partition coefficient (Wildman–Crippen LogP) is 4.55. The molecule has 3 rings (SSSR count). The van der Waals surface area contributed by atoms with E-state index >= 15 is 0 Å². The smallest absolute Gasteiger partial charge is 0.293 e. The van der Waals surface area contributed by atoms with Gasteiger partial charge in [-0.2, -0.15) is 0 Å². The normalized spacial score (nSPS) is 11.8. The summed E-state index contributed by atoms with van der Waals surface area (Å²) in [7, 11) is 1.58. The number of nitrogens with one attached hydrogen (secondary N) is 1. The molecule has 0 saturated heterocycles. The molecule has 0 atom stereocenters. The van der Waals surface area contributed by atoms with Crippen molar-refractivity contribution in [3.8, 4) is 16.9 Å². The number of hydrogen-bond donors (Lipinski definition) is 2. The highest BCUT2D eigenvalue weighted by atomic mass is 16.5. The highest BCUT2D eigenvalue weighted by Gasteiger charge is 2.17. The average Bonchev–Trinajstić information content (AvgIpc) is 2.75. The summed E-state index contributed by atoms with van der Waals surface area (Å²) in [5.74, 6) is 0.0493. The summed E-state index contributed by atoms with van der Waals surface area (Å²) < 4.78 is 5.83. The van der Waals surface area contributed by atoms with Gasteiger partial charge >= 0.3 is 0 Å². The topological polar surface area (TPSA) is 76.7 Å². The Hall–Kier alpha value is -3.86.